The van der Waals surface area contributed by atoms with E-state index >= 15 is 0 Å². The number of furan rings is 1. The third kappa shape index (κ3) is 2.40. The fourth-order valence-electron chi connectivity index (χ4n) is 4.03. The Morgan fingerprint density at radius 2 is 2.00 bits per heavy atom. The van der Waals surface area contributed by atoms with Gasteiger partial charge in [0.05, 0.1) is 23.5 Å². The van der Waals surface area contributed by atoms with Crippen molar-refractivity contribution in [1.82, 2.24) is 20.0 Å². The fourth-order valence-corrected chi connectivity index (χ4v) is 6.34. The van der Waals surface area contributed by atoms with E-state index < -0.39 is 20.5 Å². The van der Waals surface area contributed by atoms with Crippen molar-refractivity contribution < 1.29 is 22.2 Å². The Bertz CT molecular complexity index is 1120. The number of likely N-dealkylation sites (tertiary alicyclic amines) is 1. The molecule has 2 saturated heterocycles. The molecule has 1 unspecified atom stereocenters. The lowest BCUT2D eigenvalue weighted by Gasteiger charge is -2.48. The Morgan fingerprint density at radius 1 is 1.21 bits per heavy atom. The Kier molecular flexibility index (Phi) is 3.66. The molecule has 0 bridgehead atoms. The largest absolute Gasteiger partial charge is 0.472 e. The maximum Gasteiger partial charge on any atom is 0.257 e. The van der Waals surface area contributed by atoms with Crippen LogP contribution < -0.4 is 0 Å². The van der Waals surface area contributed by atoms with Gasteiger partial charge >= 0.3 is 0 Å². The van der Waals surface area contributed by atoms with Gasteiger partial charge in [-0.1, -0.05) is 5.16 Å². The topological polar surface area (TPSA) is 119 Å². The highest BCUT2D eigenvalue weighted by atomic mass is 32.2. The molecule has 10 heteroatoms. The maximum atomic E-state index is 12.8. The number of amides is 1. The van der Waals surface area contributed by atoms with Crippen LogP contribution in [0.3, 0.4) is 0 Å². The molecule has 28 heavy (non-hydrogen) atoms. The van der Waals surface area contributed by atoms with E-state index in [4.69, 9.17) is 8.94 Å². The second kappa shape index (κ2) is 5.99. The highest BCUT2D eigenvalue weighted by Gasteiger charge is 2.64. The van der Waals surface area contributed by atoms with Gasteiger partial charge in [0.1, 0.15) is 11.0 Å². The van der Waals surface area contributed by atoms with Crippen LogP contribution in [0, 0.1) is 0 Å². The van der Waals surface area contributed by atoms with Crippen LogP contribution in [0.15, 0.2) is 52.1 Å². The first-order valence-electron chi connectivity index (χ1n) is 8.78. The minimum Gasteiger partial charge on any atom is -0.472 e. The summed E-state index contributed by atoms with van der Waals surface area (Å²) >= 11 is 0. The molecule has 9 nitrogen and oxygen atoms in total. The summed E-state index contributed by atoms with van der Waals surface area (Å²) in [6.07, 6.45) is 6.41. The van der Waals surface area contributed by atoms with Crippen molar-refractivity contribution in [3.8, 4) is 11.4 Å². The molecule has 2 fully saturated rings. The van der Waals surface area contributed by atoms with Crippen LogP contribution in [-0.2, 0) is 9.84 Å². The predicted molar refractivity (Wildman–Crippen MR) is 96.0 cm³/mol. The van der Waals surface area contributed by atoms with Gasteiger partial charge in [0.2, 0.25) is 11.7 Å². The lowest BCUT2D eigenvalue weighted by Crippen LogP contribution is -2.67. The molecule has 3 aromatic heterocycles. The van der Waals surface area contributed by atoms with Gasteiger partial charge in [0.25, 0.3) is 5.91 Å². The third-order valence-electron chi connectivity index (χ3n) is 5.58. The number of rotatable bonds is 3. The minimum atomic E-state index is -3.39. The summed E-state index contributed by atoms with van der Waals surface area (Å²) in [7, 11) is -3.39. The first kappa shape index (κ1) is 17.1. The number of carbonyl (C=O) groups excluding carboxylic acids is 1. The average Bonchev–Trinajstić information content (AvgIpc) is 3.39. The van der Waals surface area contributed by atoms with Gasteiger partial charge in [0.15, 0.2) is 9.84 Å². The number of nitrogens with zero attached hydrogens (tertiary/aromatic N) is 4. The summed E-state index contributed by atoms with van der Waals surface area (Å²) in [6.45, 7) is 0.216. The van der Waals surface area contributed by atoms with Crippen molar-refractivity contribution >= 4 is 15.7 Å². The summed E-state index contributed by atoms with van der Waals surface area (Å²) in [5, 5.41) is 4.00. The quantitative estimate of drug-likeness (QED) is 0.649. The lowest BCUT2D eigenvalue weighted by atomic mass is 9.82. The van der Waals surface area contributed by atoms with Crippen molar-refractivity contribution in [2.24, 2.45) is 0 Å². The van der Waals surface area contributed by atoms with Crippen molar-refractivity contribution in [3.05, 3.63) is 54.6 Å². The zero-order valence-corrected chi connectivity index (χ0v) is 15.5. The van der Waals surface area contributed by atoms with E-state index in [9.17, 15) is 13.2 Å². The summed E-state index contributed by atoms with van der Waals surface area (Å²) < 4.78 is 35.0. The molecule has 2 aliphatic rings. The number of aromatic nitrogens is 3. The zero-order valence-electron chi connectivity index (χ0n) is 14.7. The first-order chi connectivity index (χ1) is 13.5. The summed E-state index contributed by atoms with van der Waals surface area (Å²) in [5.41, 5.74) is 1.14. The van der Waals surface area contributed by atoms with Crippen LogP contribution in [0.5, 0.6) is 0 Å². The van der Waals surface area contributed by atoms with E-state index in [1.807, 2.05) is 0 Å². The van der Waals surface area contributed by atoms with E-state index in [1.54, 1.807) is 30.6 Å². The third-order valence-corrected chi connectivity index (χ3v) is 8.14. The van der Waals surface area contributed by atoms with Gasteiger partial charge in [-0.15, -0.1) is 0 Å². The van der Waals surface area contributed by atoms with Gasteiger partial charge in [0, 0.05) is 31.0 Å². The van der Waals surface area contributed by atoms with Crippen LogP contribution in [0.4, 0.5) is 0 Å². The Labute approximate surface area is 160 Å². The average molecular weight is 400 g/mol. The van der Waals surface area contributed by atoms with Gasteiger partial charge in [-0.3, -0.25) is 9.78 Å². The van der Waals surface area contributed by atoms with Crippen LogP contribution in [-0.4, -0.2) is 57.9 Å². The van der Waals surface area contributed by atoms with Gasteiger partial charge in [-0.2, -0.15) is 4.98 Å². The summed E-state index contributed by atoms with van der Waals surface area (Å²) in [6, 6.07) is 5.07. The molecule has 2 aliphatic heterocycles. The van der Waals surface area contributed by atoms with Crippen LogP contribution in [0.25, 0.3) is 11.4 Å². The molecular weight excluding hydrogens is 384 g/mol. The van der Waals surface area contributed by atoms with E-state index in [0.29, 0.717) is 23.7 Å². The molecule has 5 rings (SSSR count). The van der Waals surface area contributed by atoms with Crippen LogP contribution >= 0.6 is 0 Å². The highest BCUT2D eigenvalue weighted by molar-refractivity contribution is 7.93. The minimum absolute atomic E-state index is 0.0401. The first-order valence-corrected chi connectivity index (χ1v) is 10.4. The molecule has 144 valence electrons. The van der Waals surface area contributed by atoms with E-state index in [-0.39, 0.29) is 24.7 Å². The molecule has 0 radical (unpaired) electrons. The molecular formula is C18H16N4O5S. The summed E-state index contributed by atoms with van der Waals surface area (Å²) in [4.78, 5) is 22.4. The molecule has 0 aliphatic carbocycles. The van der Waals surface area contributed by atoms with Crippen LogP contribution in [0.2, 0.25) is 0 Å². The molecule has 5 heterocycles. The number of pyridine rings is 1. The number of hydrogen-bond acceptors (Lipinski definition) is 8. The monoisotopic (exact) mass is 400 g/mol. The molecule has 1 amide bonds. The molecule has 1 atom stereocenters. The molecule has 0 saturated carbocycles. The fraction of sp³-hybridized carbons (Fsp3) is 0.333. The zero-order chi connectivity index (χ0) is 19.4. The Morgan fingerprint density at radius 3 is 2.71 bits per heavy atom. The van der Waals surface area contributed by atoms with Crippen molar-refractivity contribution in [3.63, 3.8) is 0 Å². The molecule has 3 aromatic rings. The number of sulfone groups is 1. The van der Waals surface area contributed by atoms with Crippen molar-refractivity contribution in [2.45, 2.75) is 17.1 Å². The highest BCUT2D eigenvalue weighted by Crippen LogP contribution is 2.49. The molecule has 0 aromatic carbocycles. The Balaban J connectivity index is 1.43. The van der Waals surface area contributed by atoms with E-state index in [1.165, 1.54) is 17.4 Å². The van der Waals surface area contributed by atoms with Crippen LogP contribution in [0.1, 0.15) is 28.6 Å². The van der Waals surface area contributed by atoms with E-state index in [0.717, 1.165) is 5.56 Å². The molecule has 0 N–H and O–H groups in total. The molecule has 1 spiro atoms. The second-order valence-corrected chi connectivity index (χ2v) is 9.54. The SMILES string of the molecule is O=C(c1ccoc1)N1CC2(C1)C(c1nc(-c3ccncc3)no1)CCS2(=O)=O. The van der Waals surface area contributed by atoms with Crippen molar-refractivity contribution in [2.75, 3.05) is 18.8 Å². The normalized spacial score (nSPS) is 22.3. The smallest absolute Gasteiger partial charge is 0.257 e. The predicted octanol–water partition coefficient (Wildman–Crippen LogP) is 1.52. The van der Waals surface area contributed by atoms with Gasteiger partial charge < -0.3 is 13.8 Å². The van der Waals surface area contributed by atoms with Crippen molar-refractivity contribution in [1.29, 1.82) is 0 Å². The maximum absolute atomic E-state index is 12.8. The second-order valence-electron chi connectivity index (χ2n) is 7.09. The summed E-state index contributed by atoms with van der Waals surface area (Å²) in [5.74, 6) is 0.0428. The standard InChI is InChI=1S/C18H16N4O5S/c23-17(13-3-7-26-9-13)22-10-18(11-22)14(4-8-28(18,24)25)16-20-15(21-27-16)12-1-5-19-6-2-12/h1-3,5-7,9,14H,4,8,10-11H2. The van der Waals surface area contributed by atoms with E-state index in [2.05, 4.69) is 15.1 Å². The lowest BCUT2D eigenvalue weighted by molar-refractivity contribution is 0.0503. The Hall–Kier alpha value is -3.01. The number of hydrogen-bond donors (Lipinski definition) is 0. The van der Waals surface area contributed by atoms with Gasteiger partial charge in [-0.25, -0.2) is 8.42 Å². The van der Waals surface area contributed by atoms with Gasteiger partial charge in [-0.05, 0) is 24.6 Å². The number of carbonyl (C=O) groups is 1.